The van der Waals surface area contributed by atoms with E-state index in [0.717, 1.165) is 0 Å². The van der Waals surface area contributed by atoms with Gasteiger partial charge >= 0.3 is 0 Å². The molecular weight excluding hydrogens is 204 g/mol. The highest BCUT2D eigenvalue weighted by atomic mass is 32.2. The molecule has 14 heavy (non-hydrogen) atoms. The lowest BCUT2D eigenvalue weighted by atomic mass is 10.1. The van der Waals surface area contributed by atoms with Gasteiger partial charge in [0, 0.05) is 7.11 Å². The molecule has 0 aliphatic rings. The Morgan fingerprint density at radius 1 is 1.43 bits per heavy atom. The monoisotopic (exact) mass is 224 g/mol. The maximum absolute atomic E-state index is 11.5. The number of sulfonamides is 1. The molecule has 0 rings (SSSR count). The van der Waals surface area contributed by atoms with Crippen molar-refractivity contribution in [2.24, 2.45) is 5.73 Å². The van der Waals surface area contributed by atoms with E-state index in [0.29, 0.717) is 19.6 Å². The highest BCUT2D eigenvalue weighted by Gasteiger charge is 2.24. The maximum Gasteiger partial charge on any atom is 0.212 e. The Morgan fingerprint density at radius 2 is 2.00 bits per heavy atom. The van der Waals surface area contributed by atoms with Gasteiger partial charge in [-0.15, -0.1) is 0 Å². The highest BCUT2D eigenvalue weighted by molar-refractivity contribution is 7.89. The summed E-state index contributed by atoms with van der Waals surface area (Å²) in [6.07, 6.45) is 0.471. The van der Waals surface area contributed by atoms with E-state index in [1.165, 1.54) is 7.11 Å². The van der Waals surface area contributed by atoms with Crippen LogP contribution in [-0.2, 0) is 14.8 Å². The van der Waals surface area contributed by atoms with Crippen LogP contribution in [0.25, 0.3) is 0 Å². The van der Waals surface area contributed by atoms with E-state index in [1.54, 1.807) is 13.8 Å². The topological polar surface area (TPSA) is 81.4 Å². The average Bonchev–Trinajstić information content (AvgIpc) is 1.98. The van der Waals surface area contributed by atoms with Crippen molar-refractivity contribution in [3.63, 3.8) is 0 Å². The van der Waals surface area contributed by atoms with Gasteiger partial charge < -0.3 is 10.5 Å². The lowest BCUT2D eigenvalue weighted by molar-refractivity contribution is 0.141. The first-order valence-corrected chi connectivity index (χ1v) is 6.19. The Kier molecular flexibility index (Phi) is 5.58. The van der Waals surface area contributed by atoms with Crippen molar-refractivity contribution >= 4 is 10.0 Å². The molecule has 0 fully saturated rings. The van der Waals surface area contributed by atoms with E-state index in [4.69, 9.17) is 10.5 Å². The molecule has 0 atom stereocenters. The molecule has 0 saturated heterocycles. The Hall–Kier alpha value is -0.170. The van der Waals surface area contributed by atoms with Crippen LogP contribution in [0.5, 0.6) is 0 Å². The van der Waals surface area contributed by atoms with Crippen LogP contribution in [0, 0.1) is 0 Å². The molecule has 0 unspecified atom stereocenters. The molecule has 0 amide bonds. The zero-order valence-corrected chi connectivity index (χ0v) is 9.86. The van der Waals surface area contributed by atoms with E-state index in [-0.39, 0.29) is 5.75 Å². The van der Waals surface area contributed by atoms with E-state index < -0.39 is 15.6 Å². The van der Waals surface area contributed by atoms with Gasteiger partial charge in [-0.1, -0.05) is 0 Å². The standard InChI is InChI=1S/C8H20N2O3S/c1-8(2,7-13-3)10-14(11,12)6-4-5-9/h10H,4-7,9H2,1-3H3. The molecule has 0 saturated carbocycles. The van der Waals surface area contributed by atoms with E-state index >= 15 is 0 Å². The van der Waals surface area contributed by atoms with Gasteiger partial charge in [-0.05, 0) is 26.8 Å². The van der Waals surface area contributed by atoms with Crippen molar-refractivity contribution in [3.05, 3.63) is 0 Å². The van der Waals surface area contributed by atoms with E-state index in [2.05, 4.69) is 4.72 Å². The third kappa shape index (κ3) is 6.31. The number of hydrogen-bond acceptors (Lipinski definition) is 4. The minimum absolute atomic E-state index is 0.0661. The molecule has 0 spiro atoms. The van der Waals surface area contributed by atoms with Crippen molar-refractivity contribution in [2.45, 2.75) is 25.8 Å². The summed E-state index contributed by atoms with van der Waals surface area (Å²) < 4.78 is 30.4. The van der Waals surface area contributed by atoms with Crippen LogP contribution in [0.2, 0.25) is 0 Å². The molecule has 3 N–H and O–H groups in total. The second kappa shape index (κ2) is 5.65. The molecule has 6 heteroatoms. The number of nitrogens with one attached hydrogen (secondary N) is 1. The lowest BCUT2D eigenvalue weighted by Crippen LogP contribution is -2.47. The molecular formula is C8H20N2O3S. The van der Waals surface area contributed by atoms with Gasteiger partial charge in [0.1, 0.15) is 0 Å². The fourth-order valence-electron chi connectivity index (χ4n) is 1.14. The summed E-state index contributed by atoms with van der Waals surface area (Å²) >= 11 is 0. The molecule has 0 aliphatic heterocycles. The molecule has 0 aromatic heterocycles. The van der Waals surface area contributed by atoms with Gasteiger partial charge in [-0.25, -0.2) is 13.1 Å². The minimum Gasteiger partial charge on any atom is -0.383 e. The van der Waals surface area contributed by atoms with Crippen molar-refractivity contribution in [1.82, 2.24) is 4.72 Å². The van der Waals surface area contributed by atoms with Crippen LogP contribution < -0.4 is 10.5 Å². The molecule has 0 radical (unpaired) electrons. The average molecular weight is 224 g/mol. The van der Waals surface area contributed by atoms with Gasteiger partial charge in [0.15, 0.2) is 0 Å². The minimum atomic E-state index is -3.23. The van der Waals surface area contributed by atoms with E-state index in [1.807, 2.05) is 0 Å². The molecule has 0 bridgehead atoms. The molecule has 86 valence electrons. The van der Waals surface area contributed by atoms with Crippen LogP contribution in [-0.4, -0.2) is 40.0 Å². The summed E-state index contributed by atoms with van der Waals surface area (Å²) in [7, 11) is -1.70. The van der Waals surface area contributed by atoms with Crippen molar-refractivity contribution in [2.75, 3.05) is 26.0 Å². The van der Waals surface area contributed by atoms with Crippen LogP contribution in [0.4, 0.5) is 0 Å². The zero-order chi connectivity index (χ0) is 11.2. The summed E-state index contributed by atoms with van der Waals surface area (Å²) in [6.45, 7) is 4.27. The first-order chi connectivity index (χ1) is 6.33. The number of ether oxygens (including phenoxy) is 1. The quantitative estimate of drug-likeness (QED) is 0.621. The first kappa shape index (κ1) is 13.8. The number of hydrogen-bond donors (Lipinski definition) is 2. The van der Waals surface area contributed by atoms with Crippen molar-refractivity contribution < 1.29 is 13.2 Å². The Bertz CT molecular complexity index is 249. The Balaban J connectivity index is 4.20. The number of rotatable bonds is 7. The second-order valence-corrected chi connectivity index (χ2v) is 5.72. The van der Waals surface area contributed by atoms with Crippen molar-refractivity contribution in [1.29, 1.82) is 0 Å². The summed E-state index contributed by atoms with van der Waals surface area (Å²) in [5.74, 6) is 0.0661. The van der Waals surface area contributed by atoms with Gasteiger partial charge in [0.25, 0.3) is 0 Å². The lowest BCUT2D eigenvalue weighted by Gasteiger charge is -2.24. The van der Waals surface area contributed by atoms with Gasteiger partial charge in [-0.2, -0.15) is 0 Å². The first-order valence-electron chi connectivity index (χ1n) is 4.53. The zero-order valence-electron chi connectivity index (χ0n) is 9.04. The maximum atomic E-state index is 11.5. The Labute approximate surface area is 86.1 Å². The van der Waals surface area contributed by atoms with Gasteiger partial charge in [0.05, 0.1) is 17.9 Å². The van der Waals surface area contributed by atoms with Crippen LogP contribution in [0.3, 0.4) is 0 Å². The van der Waals surface area contributed by atoms with E-state index in [9.17, 15) is 8.42 Å². The predicted molar refractivity (Wildman–Crippen MR) is 56.5 cm³/mol. The molecule has 0 heterocycles. The summed E-state index contributed by atoms with van der Waals surface area (Å²) in [4.78, 5) is 0. The smallest absolute Gasteiger partial charge is 0.212 e. The highest BCUT2D eigenvalue weighted by Crippen LogP contribution is 2.05. The summed E-state index contributed by atoms with van der Waals surface area (Å²) in [6, 6.07) is 0. The number of methoxy groups -OCH3 is 1. The van der Waals surface area contributed by atoms with Crippen LogP contribution in [0.15, 0.2) is 0 Å². The third-order valence-corrected chi connectivity index (χ3v) is 3.24. The summed E-state index contributed by atoms with van der Waals surface area (Å²) in [5.41, 5.74) is 4.67. The van der Waals surface area contributed by atoms with Gasteiger partial charge in [-0.3, -0.25) is 0 Å². The molecule has 0 aromatic rings. The normalized spacial score (nSPS) is 13.1. The molecule has 0 aliphatic carbocycles. The predicted octanol–water partition coefficient (Wildman–Crippen LogP) is -0.320. The summed E-state index contributed by atoms with van der Waals surface area (Å²) in [5, 5.41) is 0. The fourth-order valence-corrected chi connectivity index (χ4v) is 2.69. The van der Waals surface area contributed by atoms with Gasteiger partial charge in [0.2, 0.25) is 10.0 Å². The van der Waals surface area contributed by atoms with Crippen molar-refractivity contribution in [3.8, 4) is 0 Å². The van der Waals surface area contributed by atoms with Crippen LogP contribution in [0.1, 0.15) is 20.3 Å². The Morgan fingerprint density at radius 3 is 2.43 bits per heavy atom. The molecule has 5 nitrogen and oxygen atoms in total. The molecule has 0 aromatic carbocycles. The SMILES string of the molecule is COCC(C)(C)NS(=O)(=O)CCCN. The third-order valence-electron chi connectivity index (χ3n) is 1.55. The fraction of sp³-hybridized carbons (Fsp3) is 1.00. The van der Waals surface area contributed by atoms with Crippen LogP contribution >= 0.6 is 0 Å². The second-order valence-electron chi connectivity index (χ2n) is 3.88. The number of nitrogens with two attached hydrogens (primary N) is 1. The largest absolute Gasteiger partial charge is 0.383 e.